The molecule has 32 aromatic rings. The molecule has 0 radical (unpaired) electrons. The number of hydrogen-bond acceptors (Lipinski definition) is 0. The van der Waals surface area contributed by atoms with Crippen LogP contribution in [-0.4, -0.2) is 27.4 Å². The molecule has 26 aromatic carbocycles. The summed E-state index contributed by atoms with van der Waals surface area (Å²) in [7, 11) is 0. The van der Waals surface area contributed by atoms with Crippen molar-refractivity contribution in [3.8, 4) is 56.4 Å². The monoisotopic (exact) mass is 1830 g/mol. The van der Waals surface area contributed by atoms with Crippen LogP contribution >= 0.6 is 0 Å². The molecule has 144 heavy (non-hydrogen) atoms. The summed E-state index contributed by atoms with van der Waals surface area (Å²) in [5.74, 6) is 0. The Bertz CT molecular complexity index is 10900. The molecule has 0 bridgehead atoms. The van der Waals surface area contributed by atoms with Gasteiger partial charge in [-0.05, 0) is 307 Å². The molecule has 0 spiro atoms. The molecule has 32 rings (SSSR count). The maximum absolute atomic E-state index is 2.46. The van der Waals surface area contributed by atoms with Crippen LogP contribution in [0.1, 0.15) is 0 Å². The van der Waals surface area contributed by atoms with Crippen molar-refractivity contribution in [3.63, 3.8) is 0 Å². The highest BCUT2D eigenvalue weighted by molar-refractivity contribution is 6.34. The Morgan fingerprint density at radius 1 is 0.0972 bits per heavy atom. The summed E-state index contributed by atoms with van der Waals surface area (Å²) in [6.45, 7) is 0. The van der Waals surface area contributed by atoms with E-state index in [0.29, 0.717) is 0 Å². The van der Waals surface area contributed by atoms with Crippen LogP contribution in [0, 0.1) is 0 Å². The van der Waals surface area contributed by atoms with Gasteiger partial charge in [0.1, 0.15) is 0 Å². The van der Waals surface area contributed by atoms with Gasteiger partial charge in [-0.1, -0.05) is 334 Å². The summed E-state index contributed by atoms with van der Waals surface area (Å²) < 4.78 is 14.5. The topological polar surface area (TPSA) is 29.6 Å². The minimum absolute atomic E-state index is 1.16. The molecule has 0 aliphatic heterocycles. The fraction of sp³-hybridized carbons (Fsp3) is 0. The first-order valence-electron chi connectivity index (χ1n) is 49.7. The summed E-state index contributed by atoms with van der Waals surface area (Å²) in [5.41, 5.74) is 26.5. The highest BCUT2D eigenvalue weighted by Gasteiger charge is 2.26. The lowest BCUT2D eigenvalue weighted by Crippen LogP contribution is -1.97. The van der Waals surface area contributed by atoms with Gasteiger partial charge in [0.2, 0.25) is 0 Å². The number of benzene rings is 26. The van der Waals surface area contributed by atoms with E-state index in [4.69, 9.17) is 0 Å². The molecule has 668 valence electrons. The van der Waals surface area contributed by atoms with Gasteiger partial charge in [-0.3, -0.25) is 0 Å². The van der Waals surface area contributed by atoms with Crippen molar-refractivity contribution in [3.05, 3.63) is 522 Å². The first-order valence-corrected chi connectivity index (χ1v) is 49.7. The molecule has 0 saturated carbocycles. The molecule has 6 heteroatoms. The van der Waals surface area contributed by atoms with E-state index in [1.807, 2.05) is 0 Å². The van der Waals surface area contributed by atoms with E-state index in [9.17, 15) is 0 Å². The summed E-state index contributed by atoms with van der Waals surface area (Å²) >= 11 is 0. The van der Waals surface area contributed by atoms with E-state index in [1.165, 1.54) is 256 Å². The number of rotatable bonds is 8. The van der Waals surface area contributed by atoms with Gasteiger partial charge in [-0.15, -0.1) is 0 Å². The first kappa shape index (κ1) is 80.9. The lowest BCUT2D eigenvalue weighted by molar-refractivity contribution is 1.15. The minimum atomic E-state index is 1.16. The molecular formula is C138H86N6. The van der Waals surface area contributed by atoms with Gasteiger partial charge < -0.3 is 27.4 Å². The average molecular weight is 1830 g/mol. The second-order valence-corrected chi connectivity index (χ2v) is 38.5. The molecule has 0 saturated heterocycles. The quantitative estimate of drug-likeness (QED) is 0.136. The van der Waals surface area contributed by atoms with Crippen LogP contribution in [0.4, 0.5) is 0 Å². The molecule has 0 atom stereocenters. The van der Waals surface area contributed by atoms with Crippen LogP contribution < -0.4 is 0 Å². The number of hydrogen-bond donors (Lipinski definition) is 0. The lowest BCUT2D eigenvalue weighted by atomic mass is 9.91. The zero-order valence-corrected chi connectivity index (χ0v) is 78.3. The number of fused-ring (bicyclic) bond motifs is 33. The number of aromatic nitrogens is 6. The standard InChI is InChI=1S/2C48H30N2.C42H26N2/c1-2-15-35(16-3-1)50-45-27-24-31-12-6-7-17-37(31)47(45)48-42-29-34-14-5-4-13-33(34)28-41(42)40(30-46(48)50)32-22-25-36(26-23-32)49-43-20-10-8-18-38(43)39-19-9-11-21-44(39)49;1-2-13-37(14-3-1)49-43-17-9-8-16-40(43)42-30-35(21-25-44(42)49)31-18-23-38(24-19-31)50-45-26-20-32-10-6-7-15-39(32)47(45)48-41-29-34-12-5-4-11-33(34)28-36(41)22-27-46(48)50;1-2-11-29-26-36-30(25-28(29)10-1)18-24-40-42(36)41-33-12-4-3-9-27(33)17-23-39(41)44(40)32-21-19-31(20-22-32)43-37-15-7-5-13-34(37)35-14-6-8-16-38(35)43/h2*1-30H;1-26H. The second kappa shape index (κ2) is 32.2. The Morgan fingerprint density at radius 3 is 0.694 bits per heavy atom. The van der Waals surface area contributed by atoms with Crippen molar-refractivity contribution >= 4 is 228 Å². The highest BCUT2D eigenvalue weighted by Crippen LogP contribution is 2.50. The van der Waals surface area contributed by atoms with E-state index >= 15 is 0 Å². The molecule has 6 aromatic heterocycles. The van der Waals surface area contributed by atoms with Crippen molar-refractivity contribution in [2.24, 2.45) is 0 Å². The van der Waals surface area contributed by atoms with Gasteiger partial charge in [0.05, 0.1) is 66.2 Å². The van der Waals surface area contributed by atoms with Gasteiger partial charge in [0, 0.05) is 98.8 Å². The van der Waals surface area contributed by atoms with Crippen LogP contribution in [0.25, 0.3) is 284 Å². The van der Waals surface area contributed by atoms with E-state index < -0.39 is 0 Å². The van der Waals surface area contributed by atoms with E-state index in [-0.39, 0.29) is 0 Å². The maximum atomic E-state index is 2.46. The molecule has 0 unspecified atom stereocenters. The van der Waals surface area contributed by atoms with Crippen LogP contribution in [0.15, 0.2) is 522 Å². The summed E-state index contributed by atoms with van der Waals surface area (Å²) in [5, 5.41) is 38.3. The second-order valence-electron chi connectivity index (χ2n) is 38.5. The molecule has 0 aliphatic rings. The Morgan fingerprint density at radius 2 is 0.326 bits per heavy atom. The van der Waals surface area contributed by atoms with Gasteiger partial charge in [0.25, 0.3) is 0 Å². The van der Waals surface area contributed by atoms with E-state index in [0.717, 1.165) is 28.4 Å². The van der Waals surface area contributed by atoms with Gasteiger partial charge in [0.15, 0.2) is 0 Å². The molecule has 0 amide bonds. The van der Waals surface area contributed by atoms with Gasteiger partial charge in [-0.2, -0.15) is 0 Å². The Hall–Kier alpha value is -19.1. The molecule has 6 heterocycles. The Kier molecular flexibility index (Phi) is 18.1. The third-order valence-electron chi connectivity index (χ3n) is 30.8. The molecule has 0 aliphatic carbocycles. The van der Waals surface area contributed by atoms with E-state index in [1.54, 1.807) is 0 Å². The molecular weight excluding hydrogens is 1740 g/mol. The number of nitrogens with zero attached hydrogens (tertiary/aromatic N) is 6. The van der Waals surface area contributed by atoms with Crippen molar-refractivity contribution < 1.29 is 0 Å². The minimum Gasteiger partial charge on any atom is -0.309 e. The highest BCUT2D eigenvalue weighted by atomic mass is 15.0. The van der Waals surface area contributed by atoms with Crippen molar-refractivity contribution in [1.82, 2.24) is 27.4 Å². The van der Waals surface area contributed by atoms with Gasteiger partial charge in [-0.25, -0.2) is 0 Å². The normalized spacial score (nSPS) is 12.0. The Balaban J connectivity index is 0.000000101. The zero-order chi connectivity index (χ0) is 94.3. The zero-order valence-electron chi connectivity index (χ0n) is 78.3. The predicted octanol–water partition coefficient (Wildman–Crippen LogP) is 37.4. The van der Waals surface area contributed by atoms with Crippen LogP contribution in [0.3, 0.4) is 0 Å². The van der Waals surface area contributed by atoms with Crippen molar-refractivity contribution in [1.29, 1.82) is 0 Å². The molecule has 0 N–H and O–H groups in total. The van der Waals surface area contributed by atoms with Crippen LogP contribution in [0.2, 0.25) is 0 Å². The summed E-state index contributed by atoms with van der Waals surface area (Å²) in [6.07, 6.45) is 0. The van der Waals surface area contributed by atoms with Crippen LogP contribution in [-0.2, 0) is 0 Å². The Labute approximate surface area is 827 Å². The first-order chi connectivity index (χ1) is 71.4. The maximum Gasteiger partial charge on any atom is 0.0553 e. The molecule has 6 nitrogen and oxygen atoms in total. The fourth-order valence-electron chi connectivity index (χ4n) is 24.4. The predicted molar refractivity (Wildman–Crippen MR) is 614 cm³/mol. The summed E-state index contributed by atoms with van der Waals surface area (Å²) in [6, 6.07) is 191. The van der Waals surface area contributed by atoms with Crippen LogP contribution in [0.5, 0.6) is 0 Å². The fourth-order valence-corrected chi connectivity index (χ4v) is 24.4. The average Bonchev–Trinajstić information content (AvgIpc) is 1.48. The smallest absolute Gasteiger partial charge is 0.0553 e. The van der Waals surface area contributed by atoms with Gasteiger partial charge >= 0.3 is 0 Å². The lowest BCUT2D eigenvalue weighted by Gasteiger charge is -2.14. The third kappa shape index (κ3) is 12.5. The molecule has 0 fully saturated rings. The third-order valence-corrected chi connectivity index (χ3v) is 30.8. The van der Waals surface area contributed by atoms with Crippen molar-refractivity contribution in [2.75, 3.05) is 0 Å². The largest absolute Gasteiger partial charge is 0.309 e. The van der Waals surface area contributed by atoms with E-state index in [2.05, 4.69) is 549 Å². The number of para-hydroxylation sites is 7. The SMILES string of the molecule is c1ccc(-n2c3ccc4ccccc4c3c3c4cc5ccccc5cc4c(-c4ccc(-n5c6ccccc6c6ccccc65)cc4)cc32)cc1.c1ccc(-n2c3ccccc3c3cc(-c4ccc(-n5c6ccc7ccccc7c6c6c7cc8ccccc8cc7ccc65)cc4)ccc32)cc1.c1ccc2cc3c(ccc4c3c3c5ccccc5ccc3n4-c3ccc(-n4c5ccccc5c5ccccc54)cc3)cc2c1. The summed E-state index contributed by atoms with van der Waals surface area (Å²) in [4.78, 5) is 0. The van der Waals surface area contributed by atoms with Crippen molar-refractivity contribution in [2.45, 2.75) is 0 Å².